The SMILES string of the molecule is CCCc1nc(CN2C(C)COCC2C)c(C(=O)OC)n1Cc1ccc(-c2ccccc2-c2nnnn2C(c2ccccc2)(c2ccccc2)c2ccccc2)cc1. The minimum atomic E-state index is -0.880. The molecule has 0 N–H and O–H groups in total. The highest BCUT2D eigenvalue weighted by Crippen LogP contribution is 2.43. The summed E-state index contributed by atoms with van der Waals surface area (Å²) < 4.78 is 15.2. The summed E-state index contributed by atoms with van der Waals surface area (Å²) in [5, 5.41) is 13.9. The quantitative estimate of drug-likeness (QED) is 0.0851. The van der Waals surface area contributed by atoms with Crippen LogP contribution in [0.15, 0.2) is 140 Å². The fourth-order valence-electron chi connectivity index (χ4n) is 8.48. The van der Waals surface area contributed by atoms with Crippen molar-refractivity contribution in [3.05, 3.63) is 179 Å². The van der Waals surface area contributed by atoms with Crippen LogP contribution < -0.4 is 0 Å². The molecule has 3 heterocycles. The topological polar surface area (TPSA) is 100 Å². The summed E-state index contributed by atoms with van der Waals surface area (Å²) in [6.07, 6.45) is 1.64. The van der Waals surface area contributed by atoms with E-state index >= 15 is 0 Å². The molecule has 2 atom stereocenters. The van der Waals surface area contributed by atoms with Gasteiger partial charge in [-0.2, -0.15) is 0 Å². The Hall–Kier alpha value is -6.23. The van der Waals surface area contributed by atoms with Crippen LogP contribution in [0, 0.1) is 0 Å². The zero-order valence-corrected chi connectivity index (χ0v) is 33.5. The van der Waals surface area contributed by atoms with Gasteiger partial charge in [-0.3, -0.25) is 4.90 Å². The average Bonchev–Trinajstić information content (AvgIpc) is 3.89. The Kier molecular flexibility index (Phi) is 11.4. The van der Waals surface area contributed by atoms with Crippen molar-refractivity contribution in [2.24, 2.45) is 0 Å². The van der Waals surface area contributed by atoms with Crippen LogP contribution in [0.2, 0.25) is 0 Å². The first-order chi connectivity index (χ1) is 28.4. The number of carbonyl (C=O) groups is 1. The number of carbonyl (C=O) groups excluding carboxylic acids is 1. The van der Waals surface area contributed by atoms with E-state index < -0.39 is 5.54 Å². The molecule has 10 nitrogen and oxygen atoms in total. The fraction of sp³-hybridized carbons (Fsp3) is 0.271. The van der Waals surface area contributed by atoms with E-state index in [-0.39, 0.29) is 18.1 Å². The molecule has 2 unspecified atom stereocenters. The maximum Gasteiger partial charge on any atom is 0.356 e. The van der Waals surface area contributed by atoms with E-state index in [0.29, 0.717) is 37.8 Å². The van der Waals surface area contributed by atoms with Crippen LogP contribution in [0.3, 0.4) is 0 Å². The lowest BCUT2D eigenvalue weighted by Gasteiger charge is -2.38. The van der Waals surface area contributed by atoms with Gasteiger partial charge < -0.3 is 14.0 Å². The van der Waals surface area contributed by atoms with Crippen molar-refractivity contribution < 1.29 is 14.3 Å². The van der Waals surface area contributed by atoms with Crippen LogP contribution >= 0.6 is 0 Å². The minimum Gasteiger partial charge on any atom is -0.464 e. The van der Waals surface area contributed by atoms with Gasteiger partial charge in [0.2, 0.25) is 0 Å². The van der Waals surface area contributed by atoms with Crippen molar-refractivity contribution in [2.45, 2.75) is 64.3 Å². The standard InChI is InChI=1S/C48H49N7O3/c1-5-17-44-49-43(31-53-34(2)32-58-33-35(53)3)45(47(56)57-4)54(44)30-36-26-28-37(29-27-36)41-24-15-16-25-42(41)46-50-51-52-55(46)48(38-18-9-6-10-19-38,39-20-11-7-12-21-39)40-22-13-8-14-23-40/h6-16,18-29,34-35H,5,17,30-33H2,1-4H3. The lowest BCUT2D eigenvalue weighted by atomic mass is 9.77. The number of aryl methyl sites for hydroxylation is 1. The minimum absolute atomic E-state index is 0.209. The Morgan fingerprint density at radius 2 is 1.29 bits per heavy atom. The Balaban J connectivity index is 1.19. The van der Waals surface area contributed by atoms with E-state index in [0.717, 1.165) is 63.3 Å². The van der Waals surface area contributed by atoms with Gasteiger partial charge in [0.05, 0.1) is 26.0 Å². The number of hydrogen-bond donors (Lipinski definition) is 0. The summed E-state index contributed by atoms with van der Waals surface area (Å²) in [5.41, 5.74) is 7.44. The summed E-state index contributed by atoms with van der Waals surface area (Å²) >= 11 is 0. The molecule has 1 aliphatic rings. The zero-order valence-electron chi connectivity index (χ0n) is 33.5. The number of tetrazole rings is 1. The third-order valence-electron chi connectivity index (χ3n) is 11.3. The van der Waals surface area contributed by atoms with Crippen LogP contribution in [-0.4, -0.2) is 73.0 Å². The zero-order chi connectivity index (χ0) is 40.1. The van der Waals surface area contributed by atoms with Crippen molar-refractivity contribution >= 4 is 5.97 Å². The first kappa shape index (κ1) is 38.6. The molecule has 0 amide bonds. The van der Waals surface area contributed by atoms with Crippen molar-refractivity contribution in [2.75, 3.05) is 20.3 Å². The maximum absolute atomic E-state index is 13.5. The van der Waals surface area contributed by atoms with Crippen LogP contribution in [-0.2, 0) is 34.5 Å². The number of morpholine rings is 1. The van der Waals surface area contributed by atoms with Gasteiger partial charge in [-0.05, 0) is 64.1 Å². The van der Waals surface area contributed by atoms with Crippen molar-refractivity contribution in [3.63, 3.8) is 0 Å². The van der Waals surface area contributed by atoms with E-state index in [1.165, 1.54) is 7.11 Å². The highest BCUT2D eigenvalue weighted by molar-refractivity contribution is 5.89. The van der Waals surface area contributed by atoms with Crippen LogP contribution in [0.4, 0.5) is 0 Å². The highest BCUT2D eigenvalue weighted by Gasteiger charge is 2.42. The van der Waals surface area contributed by atoms with E-state index in [9.17, 15) is 4.79 Å². The summed E-state index contributed by atoms with van der Waals surface area (Å²) in [4.78, 5) is 20.9. The largest absolute Gasteiger partial charge is 0.464 e. The molecular formula is C48H49N7O3. The number of rotatable bonds is 13. The molecule has 0 spiro atoms. The van der Waals surface area contributed by atoms with Gasteiger partial charge in [0, 0.05) is 37.2 Å². The van der Waals surface area contributed by atoms with Gasteiger partial charge in [0.15, 0.2) is 11.5 Å². The van der Waals surface area contributed by atoms with Gasteiger partial charge in [-0.1, -0.05) is 146 Å². The molecule has 294 valence electrons. The lowest BCUT2D eigenvalue weighted by molar-refractivity contribution is -0.0415. The van der Waals surface area contributed by atoms with E-state index in [1.807, 2.05) is 39.6 Å². The molecule has 0 bridgehead atoms. The Labute approximate surface area is 340 Å². The van der Waals surface area contributed by atoms with Gasteiger partial charge in [0.25, 0.3) is 0 Å². The number of benzene rings is 5. The number of esters is 1. The first-order valence-corrected chi connectivity index (χ1v) is 20.1. The predicted molar refractivity (Wildman–Crippen MR) is 225 cm³/mol. The number of aromatic nitrogens is 6. The van der Waals surface area contributed by atoms with Gasteiger partial charge in [-0.25, -0.2) is 14.5 Å². The summed E-state index contributed by atoms with van der Waals surface area (Å²) in [5.74, 6) is 1.14. The van der Waals surface area contributed by atoms with Gasteiger partial charge >= 0.3 is 5.97 Å². The normalized spacial score (nSPS) is 16.0. The second-order valence-electron chi connectivity index (χ2n) is 15.0. The van der Waals surface area contributed by atoms with Gasteiger partial charge in [-0.15, -0.1) is 5.10 Å². The second-order valence-corrected chi connectivity index (χ2v) is 15.0. The van der Waals surface area contributed by atoms with Crippen molar-refractivity contribution in [3.8, 4) is 22.5 Å². The molecule has 58 heavy (non-hydrogen) atoms. The third kappa shape index (κ3) is 7.25. The van der Waals surface area contributed by atoms with Crippen LogP contribution in [0.25, 0.3) is 22.5 Å². The molecule has 7 aromatic rings. The van der Waals surface area contributed by atoms with Crippen LogP contribution in [0.5, 0.6) is 0 Å². The Morgan fingerprint density at radius 3 is 1.84 bits per heavy atom. The molecule has 1 saturated heterocycles. The predicted octanol–water partition coefficient (Wildman–Crippen LogP) is 8.44. The Bertz CT molecular complexity index is 2340. The number of imidazole rings is 1. The molecule has 8 rings (SSSR count). The fourth-order valence-corrected chi connectivity index (χ4v) is 8.48. The molecule has 1 fully saturated rings. The maximum atomic E-state index is 13.5. The molecular weight excluding hydrogens is 723 g/mol. The molecule has 10 heteroatoms. The lowest BCUT2D eigenvalue weighted by Crippen LogP contribution is -2.49. The molecule has 0 radical (unpaired) electrons. The Morgan fingerprint density at radius 1 is 0.741 bits per heavy atom. The van der Waals surface area contributed by atoms with Crippen molar-refractivity contribution in [1.82, 2.24) is 34.7 Å². The van der Waals surface area contributed by atoms with Crippen molar-refractivity contribution in [1.29, 1.82) is 0 Å². The third-order valence-corrected chi connectivity index (χ3v) is 11.3. The number of hydrogen-bond acceptors (Lipinski definition) is 8. The monoisotopic (exact) mass is 771 g/mol. The summed E-state index contributed by atoms with van der Waals surface area (Å²) in [6, 6.07) is 48.5. The van der Waals surface area contributed by atoms with Crippen LogP contribution in [0.1, 0.15) is 71.5 Å². The molecule has 5 aromatic carbocycles. The van der Waals surface area contributed by atoms with Gasteiger partial charge in [0.1, 0.15) is 11.4 Å². The molecule has 2 aromatic heterocycles. The van der Waals surface area contributed by atoms with E-state index in [2.05, 4.69) is 140 Å². The molecule has 0 aliphatic carbocycles. The highest BCUT2D eigenvalue weighted by atomic mass is 16.5. The molecule has 0 saturated carbocycles. The average molecular weight is 772 g/mol. The molecule has 1 aliphatic heterocycles. The second kappa shape index (κ2) is 17.1. The summed E-state index contributed by atoms with van der Waals surface area (Å²) in [6.45, 7) is 8.78. The van der Waals surface area contributed by atoms with E-state index in [1.54, 1.807) is 0 Å². The number of ether oxygens (including phenoxy) is 2. The van der Waals surface area contributed by atoms with E-state index in [4.69, 9.17) is 24.8 Å². The number of methoxy groups -OCH3 is 1. The first-order valence-electron chi connectivity index (χ1n) is 20.1. The summed E-state index contributed by atoms with van der Waals surface area (Å²) in [7, 11) is 1.44. The number of nitrogens with zero attached hydrogens (tertiary/aromatic N) is 7. The smallest absolute Gasteiger partial charge is 0.356 e.